The molecular weight excluding hydrogens is 353 g/mol. The van der Waals surface area contributed by atoms with Gasteiger partial charge < -0.3 is 9.42 Å². The van der Waals surface area contributed by atoms with Gasteiger partial charge in [-0.25, -0.2) is 9.56 Å². The van der Waals surface area contributed by atoms with Crippen LogP contribution in [0.25, 0.3) is 0 Å². The minimum Gasteiger partial charge on any atom is -0.388 e. The monoisotopic (exact) mass is 371 g/mol. The number of non-ortho nitro benzene ring substituents is 1. The largest absolute Gasteiger partial charge is 0.531 e. The average Bonchev–Trinajstić information content (AvgIpc) is 2.64. The lowest BCUT2D eigenvalue weighted by atomic mass is 10.1. The summed E-state index contributed by atoms with van der Waals surface area (Å²) in [5.74, 6) is -0.516. The quantitative estimate of drug-likeness (QED) is 0.428. The lowest BCUT2D eigenvalue weighted by molar-refractivity contribution is -0.384. The van der Waals surface area contributed by atoms with Crippen LogP contribution >= 0.6 is 7.82 Å². The molecule has 1 aliphatic heterocycles. The van der Waals surface area contributed by atoms with Gasteiger partial charge in [0.25, 0.3) is 11.6 Å². The molecule has 1 aliphatic rings. The molecule has 0 fully saturated rings. The number of fused-ring (bicyclic) bond motifs is 1. The van der Waals surface area contributed by atoms with Gasteiger partial charge in [0.05, 0.1) is 35.9 Å². The van der Waals surface area contributed by atoms with E-state index >= 15 is 0 Å². The zero-order valence-corrected chi connectivity index (χ0v) is 14.9. The number of carbonyl (C=O) groups is 1. The Morgan fingerprint density at radius 1 is 1.32 bits per heavy atom. The molecule has 1 amide bonds. The number of hydrogen-bond donors (Lipinski definition) is 0. The van der Waals surface area contributed by atoms with Gasteiger partial charge in [-0.2, -0.15) is 0 Å². The molecule has 0 radical (unpaired) electrons. The molecule has 10 nitrogen and oxygen atoms in total. The summed E-state index contributed by atoms with van der Waals surface area (Å²) in [5, 5.41) is 10.9. The van der Waals surface area contributed by atoms with Crippen molar-refractivity contribution in [3.05, 3.63) is 33.9 Å². The van der Waals surface area contributed by atoms with Gasteiger partial charge in [0.2, 0.25) is 5.90 Å². The van der Waals surface area contributed by atoms with Gasteiger partial charge in [0.15, 0.2) is 0 Å². The highest BCUT2D eigenvalue weighted by Crippen LogP contribution is 2.50. The highest BCUT2D eigenvalue weighted by atomic mass is 31.2. The van der Waals surface area contributed by atoms with Gasteiger partial charge >= 0.3 is 7.82 Å². The molecule has 0 N–H and O–H groups in total. The third kappa shape index (κ3) is 4.41. The van der Waals surface area contributed by atoms with E-state index in [4.69, 9.17) is 13.6 Å². The standard InChI is InChI=1S/C14H18N3O7P/c1-4-22-25(21,23-5-2)24-13-9-16(3)14(18)11-8-10(17(19)20)6-7-12(11)15-13/h6-8H,4-5,9H2,1-3H3. The van der Waals surface area contributed by atoms with Crippen molar-refractivity contribution in [1.29, 1.82) is 0 Å². The second kappa shape index (κ2) is 7.73. The number of phosphoric acid groups is 1. The molecule has 136 valence electrons. The molecule has 0 saturated heterocycles. The third-order valence-electron chi connectivity index (χ3n) is 3.18. The summed E-state index contributed by atoms with van der Waals surface area (Å²) in [6.07, 6.45) is 0. The number of amides is 1. The first-order valence-corrected chi connectivity index (χ1v) is 8.96. The van der Waals surface area contributed by atoms with Crippen molar-refractivity contribution in [1.82, 2.24) is 4.90 Å². The Balaban J connectivity index is 2.42. The molecule has 11 heteroatoms. The van der Waals surface area contributed by atoms with Crippen molar-refractivity contribution in [3.63, 3.8) is 0 Å². The summed E-state index contributed by atoms with van der Waals surface area (Å²) in [4.78, 5) is 28.1. The van der Waals surface area contributed by atoms with Crippen molar-refractivity contribution in [2.75, 3.05) is 26.8 Å². The number of rotatable bonds is 6. The summed E-state index contributed by atoms with van der Waals surface area (Å²) in [6.45, 7) is 3.37. The van der Waals surface area contributed by atoms with E-state index in [1.54, 1.807) is 13.8 Å². The van der Waals surface area contributed by atoms with Crippen molar-refractivity contribution in [2.24, 2.45) is 4.99 Å². The fourth-order valence-corrected chi connectivity index (χ4v) is 3.31. The average molecular weight is 371 g/mol. The molecule has 1 heterocycles. The Morgan fingerprint density at radius 3 is 2.52 bits per heavy atom. The molecule has 0 saturated carbocycles. The number of hydrogen-bond acceptors (Lipinski definition) is 8. The maximum absolute atomic E-state index is 12.5. The number of nitro benzene ring substituents is 1. The Bertz CT molecular complexity index is 755. The molecule has 1 aromatic rings. The lowest BCUT2D eigenvalue weighted by Gasteiger charge is -2.20. The van der Waals surface area contributed by atoms with Crippen LogP contribution < -0.4 is 0 Å². The van der Waals surface area contributed by atoms with Gasteiger partial charge in [-0.1, -0.05) is 0 Å². The van der Waals surface area contributed by atoms with E-state index in [0.717, 1.165) is 6.07 Å². The maximum atomic E-state index is 12.5. The van der Waals surface area contributed by atoms with Gasteiger partial charge in [-0.3, -0.25) is 24.0 Å². The van der Waals surface area contributed by atoms with Crippen molar-refractivity contribution < 1.29 is 27.9 Å². The lowest BCUT2D eigenvalue weighted by Crippen LogP contribution is -2.31. The minimum atomic E-state index is -3.87. The normalized spacial score (nSPS) is 14.6. The predicted molar refractivity (Wildman–Crippen MR) is 89.1 cm³/mol. The van der Waals surface area contributed by atoms with Crippen LogP contribution in [-0.2, 0) is 18.1 Å². The van der Waals surface area contributed by atoms with E-state index in [0.29, 0.717) is 0 Å². The first kappa shape index (κ1) is 19.0. The number of phosphoric ester groups is 1. The van der Waals surface area contributed by atoms with Crippen LogP contribution in [0.1, 0.15) is 24.2 Å². The number of nitrogens with zero attached hydrogens (tertiary/aromatic N) is 3. The van der Waals surface area contributed by atoms with E-state index in [-0.39, 0.29) is 42.6 Å². The van der Waals surface area contributed by atoms with Crippen molar-refractivity contribution >= 4 is 31.0 Å². The summed E-state index contributed by atoms with van der Waals surface area (Å²) in [7, 11) is -2.39. The van der Waals surface area contributed by atoms with E-state index in [1.165, 1.54) is 24.1 Å². The van der Waals surface area contributed by atoms with Gasteiger partial charge in [-0.15, -0.1) is 0 Å². The number of carbonyl (C=O) groups excluding carboxylic acids is 1. The topological polar surface area (TPSA) is 121 Å². The second-order valence-corrected chi connectivity index (χ2v) is 6.59. The second-order valence-electron chi connectivity index (χ2n) is 5.00. The predicted octanol–water partition coefficient (Wildman–Crippen LogP) is 2.91. The Kier molecular flexibility index (Phi) is 5.89. The zero-order chi connectivity index (χ0) is 18.6. The number of aliphatic imine (C=N–C) groups is 1. The Labute approximate surface area is 144 Å². The molecule has 0 bridgehead atoms. The highest BCUT2D eigenvalue weighted by Gasteiger charge is 2.32. The molecular formula is C14H18N3O7P. The van der Waals surface area contributed by atoms with Crippen LogP contribution in [-0.4, -0.2) is 48.4 Å². The number of benzene rings is 1. The fourth-order valence-electron chi connectivity index (χ4n) is 2.14. The van der Waals surface area contributed by atoms with Gasteiger partial charge in [-0.05, 0) is 19.9 Å². The highest BCUT2D eigenvalue weighted by molar-refractivity contribution is 7.49. The van der Waals surface area contributed by atoms with Crippen LogP contribution in [0.4, 0.5) is 11.4 Å². The number of nitro groups is 1. The van der Waals surface area contributed by atoms with Gasteiger partial charge in [0, 0.05) is 19.2 Å². The first-order chi connectivity index (χ1) is 11.8. The smallest absolute Gasteiger partial charge is 0.388 e. The molecule has 0 aromatic heterocycles. The van der Waals surface area contributed by atoms with E-state index < -0.39 is 18.7 Å². The molecule has 1 aromatic carbocycles. The summed E-state index contributed by atoms with van der Waals surface area (Å²) >= 11 is 0. The Hall–Kier alpha value is -2.29. The minimum absolute atomic E-state index is 0.0475. The molecule has 25 heavy (non-hydrogen) atoms. The van der Waals surface area contributed by atoms with Gasteiger partial charge in [0.1, 0.15) is 0 Å². The maximum Gasteiger partial charge on any atom is 0.531 e. The van der Waals surface area contributed by atoms with E-state index in [1.807, 2.05) is 0 Å². The van der Waals surface area contributed by atoms with Crippen LogP contribution in [0.3, 0.4) is 0 Å². The SMILES string of the molecule is CCOP(=O)(OCC)OC1=Nc2ccc([N+](=O)[O-])cc2C(=O)N(C)C1. The van der Waals surface area contributed by atoms with Crippen LogP contribution in [0.15, 0.2) is 23.2 Å². The fraction of sp³-hybridized carbons (Fsp3) is 0.429. The molecule has 0 aliphatic carbocycles. The first-order valence-electron chi connectivity index (χ1n) is 7.49. The van der Waals surface area contributed by atoms with Crippen LogP contribution in [0.5, 0.6) is 0 Å². The molecule has 0 spiro atoms. The number of likely N-dealkylation sites (N-methyl/N-ethyl adjacent to an activating group) is 1. The summed E-state index contributed by atoms with van der Waals surface area (Å²) in [5.41, 5.74) is 0.00169. The molecule has 2 rings (SSSR count). The third-order valence-corrected chi connectivity index (χ3v) is 4.76. The van der Waals surface area contributed by atoms with E-state index in [2.05, 4.69) is 4.99 Å². The summed E-state index contributed by atoms with van der Waals surface area (Å²) < 4.78 is 27.9. The molecule has 0 atom stereocenters. The van der Waals surface area contributed by atoms with E-state index in [9.17, 15) is 19.5 Å². The Morgan fingerprint density at radius 2 is 1.96 bits per heavy atom. The molecule has 0 unspecified atom stereocenters. The zero-order valence-electron chi connectivity index (χ0n) is 14.0. The van der Waals surface area contributed by atoms with Crippen LogP contribution in [0, 0.1) is 10.1 Å². The summed E-state index contributed by atoms with van der Waals surface area (Å²) in [6, 6.07) is 3.70. The van der Waals surface area contributed by atoms with Crippen LogP contribution in [0.2, 0.25) is 0 Å². The van der Waals surface area contributed by atoms with Crippen molar-refractivity contribution in [3.8, 4) is 0 Å². The van der Waals surface area contributed by atoms with Crippen molar-refractivity contribution in [2.45, 2.75) is 13.8 Å².